The Hall–Kier alpha value is -3.19. The summed E-state index contributed by atoms with van der Waals surface area (Å²) in [4.78, 5) is 12.7. The molecule has 0 aliphatic carbocycles. The summed E-state index contributed by atoms with van der Waals surface area (Å²) >= 11 is 0. The SMILES string of the molecule is Cc1c(C(=O)Nc2cccc(Nc3ccccc3)c2)nnn1C1CCNCC1. The molecule has 1 aliphatic rings. The number of benzene rings is 2. The average Bonchev–Trinajstić information content (AvgIpc) is 3.11. The van der Waals surface area contributed by atoms with Gasteiger partial charge in [-0.05, 0) is 63.2 Å². The van der Waals surface area contributed by atoms with E-state index in [1.807, 2.05) is 66.2 Å². The fourth-order valence-corrected chi connectivity index (χ4v) is 3.50. The zero-order chi connectivity index (χ0) is 19.3. The van der Waals surface area contributed by atoms with Gasteiger partial charge in [-0.2, -0.15) is 0 Å². The van der Waals surface area contributed by atoms with Crippen LogP contribution in [-0.4, -0.2) is 34.0 Å². The second kappa shape index (κ2) is 8.22. The van der Waals surface area contributed by atoms with Crippen LogP contribution >= 0.6 is 0 Å². The van der Waals surface area contributed by atoms with E-state index < -0.39 is 0 Å². The standard InChI is InChI=1S/C21H24N6O/c1-15-20(25-26-27(15)19-10-12-22-13-11-19)21(28)24-18-9-5-8-17(14-18)23-16-6-3-2-4-7-16/h2-9,14,19,22-23H,10-13H2,1H3,(H,24,28). The van der Waals surface area contributed by atoms with Gasteiger partial charge in [-0.25, -0.2) is 4.68 Å². The van der Waals surface area contributed by atoms with Crippen LogP contribution in [0.1, 0.15) is 35.1 Å². The van der Waals surface area contributed by atoms with Crippen LogP contribution < -0.4 is 16.0 Å². The Kier molecular flexibility index (Phi) is 5.34. The molecule has 28 heavy (non-hydrogen) atoms. The Morgan fingerprint density at radius 2 is 1.75 bits per heavy atom. The largest absolute Gasteiger partial charge is 0.355 e. The molecule has 144 valence electrons. The molecule has 1 aliphatic heterocycles. The minimum Gasteiger partial charge on any atom is -0.355 e. The number of hydrogen-bond donors (Lipinski definition) is 3. The van der Waals surface area contributed by atoms with Gasteiger partial charge in [0, 0.05) is 17.1 Å². The highest BCUT2D eigenvalue weighted by Crippen LogP contribution is 2.22. The summed E-state index contributed by atoms with van der Waals surface area (Å²) in [6, 6.07) is 17.8. The van der Waals surface area contributed by atoms with E-state index in [0.29, 0.717) is 17.4 Å². The van der Waals surface area contributed by atoms with E-state index in [1.54, 1.807) is 0 Å². The summed E-state index contributed by atoms with van der Waals surface area (Å²) in [6.07, 6.45) is 2.00. The van der Waals surface area contributed by atoms with Crippen molar-refractivity contribution in [2.75, 3.05) is 23.7 Å². The van der Waals surface area contributed by atoms with Gasteiger partial charge in [-0.1, -0.05) is 29.5 Å². The molecule has 0 unspecified atom stereocenters. The maximum absolute atomic E-state index is 12.7. The van der Waals surface area contributed by atoms with E-state index in [1.165, 1.54) is 0 Å². The van der Waals surface area contributed by atoms with E-state index in [2.05, 4.69) is 26.3 Å². The van der Waals surface area contributed by atoms with Crippen LogP contribution in [0.5, 0.6) is 0 Å². The van der Waals surface area contributed by atoms with Gasteiger partial charge in [0.2, 0.25) is 0 Å². The van der Waals surface area contributed by atoms with Crippen LogP contribution in [0.25, 0.3) is 0 Å². The maximum Gasteiger partial charge on any atom is 0.278 e. The smallest absolute Gasteiger partial charge is 0.278 e. The van der Waals surface area contributed by atoms with Crippen molar-refractivity contribution in [3.05, 3.63) is 66.0 Å². The van der Waals surface area contributed by atoms with Crippen LogP contribution in [0.15, 0.2) is 54.6 Å². The number of rotatable bonds is 5. The van der Waals surface area contributed by atoms with Crippen molar-refractivity contribution in [1.82, 2.24) is 20.3 Å². The van der Waals surface area contributed by atoms with Crippen LogP contribution in [0.2, 0.25) is 0 Å². The molecule has 0 saturated carbocycles. The number of amides is 1. The first-order valence-electron chi connectivity index (χ1n) is 9.57. The quantitative estimate of drug-likeness (QED) is 0.635. The monoisotopic (exact) mass is 376 g/mol. The normalized spacial score (nSPS) is 14.6. The molecule has 0 spiro atoms. The highest BCUT2D eigenvalue weighted by atomic mass is 16.2. The fourth-order valence-electron chi connectivity index (χ4n) is 3.50. The summed E-state index contributed by atoms with van der Waals surface area (Å²) in [5.41, 5.74) is 3.79. The molecule has 3 aromatic rings. The number of nitrogens with one attached hydrogen (secondary N) is 3. The van der Waals surface area contributed by atoms with E-state index in [-0.39, 0.29) is 5.91 Å². The molecule has 2 aromatic carbocycles. The van der Waals surface area contributed by atoms with E-state index in [0.717, 1.165) is 43.0 Å². The number of carbonyl (C=O) groups is 1. The number of hydrogen-bond acceptors (Lipinski definition) is 5. The van der Waals surface area contributed by atoms with E-state index >= 15 is 0 Å². The lowest BCUT2D eigenvalue weighted by atomic mass is 10.1. The van der Waals surface area contributed by atoms with Gasteiger partial charge in [0.05, 0.1) is 11.7 Å². The van der Waals surface area contributed by atoms with Crippen LogP contribution in [0.3, 0.4) is 0 Å². The topological polar surface area (TPSA) is 83.9 Å². The van der Waals surface area contributed by atoms with Crippen molar-refractivity contribution >= 4 is 23.0 Å². The van der Waals surface area contributed by atoms with E-state index in [4.69, 9.17) is 0 Å². The van der Waals surface area contributed by atoms with E-state index in [9.17, 15) is 4.79 Å². The van der Waals surface area contributed by atoms with Crippen molar-refractivity contribution in [3.8, 4) is 0 Å². The number of para-hydroxylation sites is 1. The highest BCUT2D eigenvalue weighted by molar-refractivity contribution is 6.03. The molecule has 2 heterocycles. The minimum absolute atomic E-state index is 0.241. The third kappa shape index (κ3) is 4.04. The van der Waals surface area contributed by atoms with Crippen LogP contribution in [0.4, 0.5) is 17.1 Å². The van der Waals surface area contributed by atoms with Crippen molar-refractivity contribution in [2.24, 2.45) is 0 Å². The molecule has 3 N–H and O–H groups in total. The lowest BCUT2D eigenvalue weighted by molar-refractivity contribution is 0.102. The van der Waals surface area contributed by atoms with Gasteiger partial charge in [0.15, 0.2) is 5.69 Å². The third-order valence-electron chi connectivity index (χ3n) is 4.98. The fraction of sp³-hybridized carbons (Fsp3) is 0.286. The molecular weight excluding hydrogens is 352 g/mol. The molecule has 0 atom stereocenters. The molecule has 1 aromatic heterocycles. The van der Waals surface area contributed by atoms with Gasteiger partial charge < -0.3 is 16.0 Å². The summed E-state index contributed by atoms with van der Waals surface area (Å²) < 4.78 is 1.89. The highest BCUT2D eigenvalue weighted by Gasteiger charge is 2.23. The number of piperidine rings is 1. The maximum atomic E-state index is 12.7. The Morgan fingerprint density at radius 3 is 2.54 bits per heavy atom. The van der Waals surface area contributed by atoms with Gasteiger partial charge in [0.25, 0.3) is 5.91 Å². The molecule has 1 amide bonds. The number of carbonyl (C=O) groups excluding carboxylic acids is 1. The lowest BCUT2D eigenvalue weighted by Crippen LogP contribution is -2.30. The first-order chi connectivity index (χ1) is 13.7. The molecule has 0 radical (unpaired) electrons. The van der Waals surface area contributed by atoms with Crippen molar-refractivity contribution in [3.63, 3.8) is 0 Å². The molecule has 0 bridgehead atoms. The van der Waals surface area contributed by atoms with Gasteiger partial charge in [-0.3, -0.25) is 4.79 Å². The summed E-state index contributed by atoms with van der Waals surface area (Å²) in [6.45, 7) is 3.84. The average molecular weight is 376 g/mol. The van der Waals surface area contributed by atoms with Crippen LogP contribution in [0, 0.1) is 6.92 Å². The van der Waals surface area contributed by atoms with Gasteiger partial charge >= 0.3 is 0 Å². The predicted octanol–water partition coefficient (Wildman–Crippen LogP) is 3.51. The Balaban J connectivity index is 1.46. The summed E-state index contributed by atoms with van der Waals surface area (Å²) in [5.74, 6) is -0.241. The second-order valence-corrected chi connectivity index (χ2v) is 6.98. The Bertz CT molecular complexity index is 947. The minimum atomic E-state index is -0.241. The lowest BCUT2D eigenvalue weighted by Gasteiger charge is -2.23. The number of nitrogens with zero attached hydrogens (tertiary/aromatic N) is 3. The van der Waals surface area contributed by atoms with Crippen LogP contribution in [-0.2, 0) is 0 Å². The Labute approximate surface area is 164 Å². The van der Waals surface area contributed by atoms with Crippen molar-refractivity contribution in [2.45, 2.75) is 25.8 Å². The summed E-state index contributed by atoms with van der Waals surface area (Å²) in [5, 5.41) is 18.0. The third-order valence-corrected chi connectivity index (χ3v) is 4.98. The predicted molar refractivity (Wildman–Crippen MR) is 110 cm³/mol. The van der Waals surface area contributed by atoms with Gasteiger partial charge in [0.1, 0.15) is 0 Å². The first-order valence-corrected chi connectivity index (χ1v) is 9.57. The van der Waals surface area contributed by atoms with Gasteiger partial charge in [-0.15, -0.1) is 5.10 Å². The van der Waals surface area contributed by atoms with Crippen molar-refractivity contribution in [1.29, 1.82) is 0 Å². The molecular formula is C21H24N6O. The molecule has 7 nitrogen and oxygen atoms in total. The first kappa shape index (κ1) is 18.2. The molecule has 1 fully saturated rings. The number of aromatic nitrogens is 3. The van der Waals surface area contributed by atoms with Crippen molar-refractivity contribution < 1.29 is 4.79 Å². The zero-order valence-corrected chi connectivity index (χ0v) is 15.9. The molecule has 4 rings (SSSR count). The summed E-state index contributed by atoms with van der Waals surface area (Å²) in [7, 11) is 0. The number of anilines is 3. The molecule has 7 heteroatoms. The Morgan fingerprint density at radius 1 is 1.04 bits per heavy atom. The zero-order valence-electron chi connectivity index (χ0n) is 15.9. The second-order valence-electron chi connectivity index (χ2n) is 6.98. The molecule has 1 saturated heterocycles.